The highest BCUT2D eigenvalue weighted by molar-refractivity contribution is 5.80. The van der Waals surface area contributed by atoms with E-state index < -0.39 is 11.9 Å². The summed E-state index contributed by atoms with van der Waals surface area (Å²) in [7, 11) is 0. The second-order valence-corrected chi connectivity index (χ2v) is 4.58. The average molecular weight is 254 g/mol. The van der Waals surface area contributed by atoms with Crippen LogP contribution in [0.25, 0.3) is 0 Å². The SMILES string of the molecule is CC(C)CNC(=O)C(C)Oc1ccc(N)c(F)c1. The molecule has 0 saturated heterocycles. The minimum atomic E-state index is -0.674. The average Bonchev–Trinajstić information content (AvgIpc) is 2.30. The summed E-state index contributed by atoms with van der Waals surface area (Å²) < 4.78 is 18.5. The lowest BCUT2D eigenvalue weighted by molar-refractivity contribution is -0.127. The van der Waals surface area contributed by atoms with Gasteiger partial charge >= 0.3 is 0 Å². The number of halogens is 1. The predicted molar refractivity (Wildman–Crippen MR) is 68.8 cm³/mol. The number of ether oxygens (including phenoxy) is 1. The summed E-state index contributed by atoms with van der Waals surface area (Å²) in [6.07, 6.45) is -0.674. The molecule has 1 aromatic rings. The van der Waals surface area contributed by atoms with Crippen LogP contribution in [0.15, 0.2) is 18.2 Å². The molecule has 0 aromatic heterocycles. The molecule has 0 radical (unpaired) electrons. The molecule has 0 heterocycles. The number of hydrogen-bond acceptors (Lipinski definition) is 3. The van der Waals surface area contributed by atoms with Gasteiger partial charge in [0.15, 0.2) is 6.10 Å². The van der Waals surface area contributed by atoms with E-state index >= 15 is 0 Å². The first-order valence-electron chi connectivity index (χ1n) is 5.89. The number of benzene rings is 1. The van der Waals surface area contributed by atoms with Gasteiger partial charge in [-0.25, -0.2) is 4.39 Å². The van der Waals surface area contributed by atoms with E-state index in [2.05, 4.69) is 5.32 Å². The van der Waals surface area contributed by atoms with Gasteiger partial charge in [-0.05, 0) is 25.0 Å². The maximum Gasteiger partial charge on any atom is 0.260 e. The van der Waals surface area contributed by atoms with Gasteiger partial charge in [0.2, 0.25) is 0 Å². The lowest BCUT2D eigenvalue weighted by Gasteiger charge is -2.15. The summed E-state index contributed by atoms with van der Waals surface area (Å²) in [5.41, 5.74) is 5.41. The number of carbonyl (C=O) groups is 1. The predicted octanol–water partition coefficient (Wildman–Crippen LogP) is 1.95. The Kier molecular flexibility index (Phi) is 4.95. The highest BCUT2D eigenvalue weighted by Gasteiger charge is 2.15. The third-order valence-electron chi connectivity index (χ3n) is 2.34. The van der Waals surface area contributed by atoms with Crippen LogP contribution in [0.4, 0.5) is 10.1 Å². The van der Waals surface area contributed by atoms with Gasteiger partial charge in [-0.1, -0.05) is 13.8 Å². The molecule has 0 aliphatic carbocycles. The van der Waals surface area contributed by atoms with Crippen LogP contribution < -0.4 is 15.8 Å². The summed E-state index contributed by atoms with van der Waals surface area (Å²) in [6, 6.07) is 4.11. The van der Waals surface area contributed by atoms with Gasteiger partial charge in [0.1, 0.15) is 11.6 Å². The van der Waals surface area contributed by atoms with E-state index in [1.807, 2.05) is 13.8 Å². The Morgan fingerprint density at radius 2 is 2.11 bits per heavy atom. The van der Waals surface area contributed by atoms with Gasteiger partial charge in [0, 0.05) is 12.6 Å². The van der Waals surface area contributed by atoms with Crippen molar-refractivity contribution >= 4 is 11.6 Å². The van der Waals surface area contributed by atoms with E-state index in [-0.39, 0.29) is 17.3 Å². The topological polar surface area (TPSA) is 64.3 Å². The van der Waals surface area contributed by atoms with Gasteiger partial charge in [-0.2, -0.15) is 0 Å². The maximum atomic E-state index is 13.2. The van der Waals surface area contributed by atoms with Crippen molar-refractivity contribution in [2.45, 2.75) is 26.9 Å². The molecule has 1 amide bonds. The van der Waals surface area contributed by atoms with Crippen LogP contribution >= 0.6 is 0 Å². The largest absolute Gasteiger partial charge is 0.481 e. The van der Waals surface area contributed by atoms with Gasteiger partial charge in [-0.3, -0.25) is 4.79 Å². The van der Waals surface area contributed by atoms with Crippen LogP contribution in [0.3, 0.4) is 0 Å². The molecule has 0 bridgehead atoms. The third-order valence-corrected chi connectivity index (χ3v) is 2.34. The Balaban J connectivity index is 2.55. The molecule has 0 aliphatic heterocycles. The van der Waals surface area contributed by atoms with Crippen molar-refractivity contribution in [3.63, 3.8) is 0 Å². The monoisotopic (exact) mass is 254 g/mol. The molecule has 1 atom stereocenters. The number of rotatable bonds is 5. The van der Waals surface area contributed by atoms with Crippen molar-refractivity contribution in [3.8, 4) is 5.75 Å². The van der Waals surface area contributed by atoms with Crippen molar-refractivity contribution in [3.05, 3.63) is 24.0 Å². The van der Waals surface area contributed by atoms with Crippen molar-refractivity contribution in [2.24, 2.45) is 5.92 Å². The van der Waals surface area contributed by atoms with E-state index in [9.17, 15) is 9.18 Å². The number of amides is 1. The second kappa shape index (κ2) is 6.23. The first-order chi connectivity index (χ1) is 8.40. The molecular formula is C13H19FN2O2. The molecule has 0 aliphatic rings. The van der Waals surface area contributed by atoms with Gasteiger partial charge in [0.05, 0.1) is 5.69 Å². The molecule has 0 spiro atoms. The molecule has 4 nitrogen and oxygen atoms in total. The fourth-order valence-electron chi connectivity index (χ4n) is 1.29. The summed E-state index contributed by atoms with van der Waals surface area (Å²) in [5, 5.41) is 2.75. The Morgan fingerprint density at radius 1 is 1.44 bits per heavy atom. The van der Waals surface area contributed by atoms with Crippen LogP contribution in [-0.2, 0) is 4.79 Å². The molecule has 3 N–H and O–H groups in total. The van der Waals surface area contributed by atoms with Crippen molar-refractivity contribution in [2.75, 3.05) is 12.3 Å². The number of carbonyl (C=O) groups excluding carboxylic acids is 1. The Bertz CT molecular complexity index is 421. The molecule has 5 heteroatoms. The van der Waals surface area contributed by atoms with Crippen LogP contribution in [-0.4, -0.2) is 18.6 Å². The second-order valence-electron chi connectivity index (χ2n) is 4.58. The fraction of sp³-hybridized carbons (Fsp3) is 0.462. The molecule has 1 rings (SSSR count). The number of nitrogens with two attached hydrogens (primary N) is 1. The van der Waals surface area contributed by atoms with Crippen LogP contribution in [0, 0.1) is 11.7 Å². The van der Waals surface area contributed by atoms with Crippen LogP contribution in [0.5, 0.6) is 5.75 Å². The van der Waals surface area contributed by atoms with Gasteiger partial charge in [-0.15, -0.1) is 0 Å². The van der Waals surface area contributed by atoms with E-state index in [1.165, 1.54) is 18.2 Å². The van der Waals surface area contributed by atoms with E-state index in [0.29, 0.717) is 12.5 Å². The van der Waals surface area contributed by atoms with Crippen molar-refractivity contribution < 1.29 is 13.9 Å². The summed E-state index contributed by atoms with van der Waals surface area (Å²) >= 11 is 0. The number of nitrogens with one attached hydrogen (secondary N) is 1. The minimum Gasteiger partial charge on any atom is -0.481 e. The van der Waals surface area contributed by atoms with Crippen LogP contribution in [0.1, 0.15) is 20.8 Å². The fourth-order valence-corrected chi connectivity index (χ4v) is 1.29. The molecule has 18 heavy (non-hydrogen) atoms. The molecular weight excluding hydrogens is 235 g/mol. The normalized spacial score (nSPS) is 12.3. The Morgan fingerprint density at radius 3 is 2.67 bits per heavy atom. The van der Waals surface area contributed by atoms with E-state index in [4.69, 9.17) is 10.5 Å². The highest BCUT2D eigenvalue weighted by atomic mass is 19.1. The summed E-state index contributed by atoms with van der Waals surface area (Å²) in [6.45, 7) is 6.20. The molecule has 100 valence electrons. The van der Waals surface area contributed by atoms with Gasteiger partial charge < -0.3 is 15.8 Å². The van der Waals surface area contributed by atoms with Crippen molar-refractivity contribution in [1.82, 2.24) is 5.32 Å². The third kappa shape index (κ3) is 4.24. The van der Waals surface area contributed by atoms with Gasteiger partial charge in [0.25, 0.3) is 5.91 Å². The number of anilines is 1. The smallest absolute Gasteiger partial charge is 0.260 e. The van der Waals surface area contributed by atoms with E-state index in [1.54, 1.807) is 6.92 Å². The van der Waals surface area contributed by atoms with E-state index in [0.717, 1.165) is 0 Å². The van der Waals surface area contributed by atoms with Crippen molar-refractivity contribution in [1.29, 1.82) is 0 Å². The zero-order valence-corrected chi connectivity index (χ0v) is 10.9. The zero-order valence-electron chi connectivity index (χ0n) is 10.9. The lowest BCUT2D eigenvalue weighted by Crippen LogP contribution is -2.38. The zero-order chi connectivity index (χ0) is 13.7. The Hall–Kier alpha value is -1.78. The maximum absolute atomic E-state index is 13.2. The molecule has 1 aromatic carbocycles. The van der Waals surface area contributed by atoms with Crippen LogP contribution in [0.2, 0.25) is 0 Å². The summed E-state index contributed by atoms with van der Waals surface area (Å²) in [4.78, 5) is 11.6. The minimum absolute atomic E-state index is 0.0549. The standard InChI is InChI=1S/C13H19FN2O2/c1-8(2)7-16-13(17)9(3)18-10-4-5-12(15)11(14)6-10/h4-6,8-9H,7,15H2,1-3H3,(H,16,17). The number of nitrogen functional groups attached to an aromatic ring is 1. The number of hydrogen-bond donors (Lipinski definition) is 2. The molecule has 0 saturated carbocycles. The lowest BCUT2D eigenvalue weighted by atomic mass is 10.2. The quantitative estimate of drug-likeness (QED) is 0.789. The first-order valence-corrected chi connectivity index (χ1v) is 5.89. The summed E-state index contributed by atoms with van der Waals surface area (Å²) in [5.74, 6) is -0.118. The molecule has 0 fully saturated rings. The first kappa shape index (κ1) is 14.3. The molecule has 1 unspecified atom stereocenters. The Labute approximate surface area is 106 Å². The highest BCUT2D eigenvalue weighted by Crippen LogP contribution is 2.19.